The van der Waals surface area contributed by atoms with Crippen molar-refractivity contribution in [2.75, 3.05) is 20.2 Å². The summed E-state index contributed by atoms with van der Waals surface area (Å²) in [5.41, 5.74) is 3.58. The third kappa shape index (κ3) is 4.52. The first-order valence-corrected chi connectivity index (χ1v) is 12.5. The van der Waals surface area contributed by atoms with Gasteiger partial charge in [0.25, 0.3) is 0 Å². The van der Waals surface area contributed by atoms with E-state index in [4.69, 9.17) is 27.9 Å². The van der Waals surface area contributed by atoms with Gasteiger partial charge in [0, 0.05) is 30.1 Å². The van der Waals surface area contributed by atoms with Crippen LogP contribution in [0.1, 0.15) is 35.4 Å². The van der Waals surface area contributed by atoms with Gasteiger partial charge in [-0.15, -0.1) is 0 Å². The Hall–Kier alpha value is -2.04. The summed E-state index contributed by atoms with van der Waals surface area (Å²) in [6.45, 7) is 3.04. The van der Waals surface area contributed by atoms with Crippen LogP contribution in [0.15, 0.2) is 72.8 Å². The fraction of sp³-hybridized carbons (Fsp3) is 0.357. The number of halogens is 2. The first-order chi connectivity index (χ1) is 16.2. The number of ether oxygens (including phenoxy) is 1. The van der Waals surface area contributed by atoms with Gasteiger partial charge in [-0.05, 0) is 55.1 Å². The maximum Gasteiger partial charge on any atom is 0.123 e. The highest BCUT2D eigenvalue weighted by molar-refractivity contribution is 6.42. The van der Waals surface area contributed by atoms with Crippen molar-refractivity contribution in [3.63, 3.8) is 0 Å². The maximum atomic E-state index is 6.83. The second-order valence-corrected chi connectivity index (χ2v) is 9.90. The van der Waals surface area contributed by atoms with Crippen LogP contribution >= 0.6 is 23.2 Å². The van der Waals surface area contributed by atoms with Gasteiger partial charge in [0.2, 0.25) is 0 Å². The lowest BCUT2D eigenvalue weighted by Gasteiger charge is -2.54. The number of methoxy groups -OCH3 is 1. The molecule has 3 atom stereocenters. The average molecular weight is 481 g/mol. The Kier molecular flexibility index (Phi) is 6.94. The van der Waals surface area contributed by atoms with Crippen LogP contribution in [0.5, 0.6) is 5.75 Å². The van der Waals surface area contributed by atoms with Crippen molar-refractivity contribution < 1.29 is 4.74 Å². The SMILES string of the molecule is COc1ccccc1CN[C@@H]1C2CCN(CC2)[C@H]1C(c1ccccc1)c1cccc(Cl)c1Cl. The molecule has 1 unspecified atom stereocenters. The Morgan fingerprint density at radius 3 is 2.42 bits per heavy atom. The molecule has 0 radical (unpaired) electrons. The minimum atomic E-state index is 0.135. The first kappa shape index (κ1) is 22.7. The topological polar surface area (TPSA) is 24.5 Å². The Morgan fingerprint density at radius 2 is 1.67 bits per heavy atom. The zero-order valence-electron chi connectivity index (χ0n) is 18.9. The summed E-state index contributed by atoms with van der Waals surface area (Å²) in [7, 11) is 1.74. The molecule has 3 saturated heterocycles. The molecule has 3 aromatic carbocycles. The van der Waals surface area contributed by atoms with E-state index in [1.54, 1.807) is 7.11 Å². The molecule has 1 N–H and O–H groups in total. The standard InChI is InChI=1S/C28H30Cl2N2O/c1-33-24-13-6-5-10-21(24)18-31-27-20-14-16-32(17-15-20)28(27)25(19-8-3-2-4-9-19)22-11-7-12-23(29)26(22)30/h2-13,20,25,27-28,31H,14-18H2,1H3/t25?,27-,28+/m1/s1. The van der Waals surface area contributed by atoms with Crippen LogP contribution < -0.4 is 10.1 Å². The molecule has 172 valence electrons. The number of rotatable bonds is 7. The summed E-state index contributed by atoms with van der Waals surface area (Å²) in [6.07, 6.45) is 2.45. The van der Waals surface area contributed by atoms with Crippen molar-refractivity contribution in [1.29, 1.82) is 0 Å². The van der Waals surface area contributed by atoms with Crippen LogP contribution in [-0.4, -0.2) is 37.2 Å². The lowest BCUT2D eigenvalue weighted by molar-refractivity contribution is 0.00463. The molecule has 33 heavy (non-hydrogen) atoms. The number of fused-ring (bicyclic) bond motifs is 3. The smallest absolute Gasteiger partial charge is 0.123 e. The molecule has 5 heteroatoms. The second-order valence-electron chi connectivity index (χ2n) is 9.11. The lowest BCUT2D eigenvalue weighted by atomic mass is 9.70. The minimum Gasteiger partial charge on any atom is -0.496 e. The van der Waals surface area contributed by atoms with Gasteiger partial charge >= 0.3 is 0 Å². The van der Waals surface area contributed by atoms with Crippen molar-refractivity contribution >= 4 is 23.2 Å². The number of hydrogen-bond acceptors (Lipinski definition) is 3. The summed E-state index contributed by atoms with van der Waals surface area (Å²) < 4.78 is 5.61. The number of piperidine rings is 3. The molecule has 0 spiro atoms. The molecule has 3 fully saturated rings. The molecule has 3 heterocycles. The van der Waals surface area contributed by atoms with Crippen LogP contribution in [0.4, 0.5) is 0 Å². The summed E-state index contributed by atoms with van der Waals surface area (Å²) in [6, 6.07) is 25.7. The Bertz CT molecular complexity index is 1080. The van der Waals surface area contributed by atoms with Crippen molar-refractivity contribution in [3.05, 3.63) is 99.5 Å². The Labute approximate surface area is 206 Å². The van der Waals surface area contributed by atoms with Gasteiger partial charge in [-0.1, -0.05) is 83.9 Å². The summed E-state index contributed by atoms with van der Waals surface area (Å²) >= 11 is 13.3. The number of benzene rings is 3. The average Bonchev–Trinajstić information content (AvgIpc) is 2.87. The predicted molar refractivity (Wildman–Crippen MR) is 136 cm³/mol. The molecule has 3 aliphatic rings. The van der Waals surface area contributed by atoms with Crippen molar-refractivity contribution in [1.82, 2.24) is 10.2 Å². The van der Waals surface area contributed by atoms with Gasteiger partial charge in [-0.2, -0.15) is 0 Å². The van der Waals surface area contributed by atoms with Crippen LogP contribution in [0.25, 0.3) is 0 Å². The molecule has 0 amide bonds. The first-order valence-electron chi connectivity index (χ1n) is 11.8. The largest absolute Gasteiger partial charge is 0.496 e. The second kappa shape index (κ2) is 10.1. The Balaban J connectivity index is 1.54. The fourth-order valence-corrected chi connectivity index (χ4v) is 6.27. The van der Waals surface area contributed by atoms with Crippen LogP contribution in [0.2, 0.25) is 10.0 Å². The third-order valence-corrected chi connectivity index (χ3v) is 8.24. The quantitative estimate of drug-likeness (QED) is 0.424. The monoisotopic (exact) mass is 480 g/mol. The maximum absolute atomic E-state index is 6.83. The molecular formula is C28H30Cl2N2O. The number of nitrogens with zero attached hydrogens (tertiary/aromatic N) is 1. The highest BCUT2D eigenvalue weighted by Gasteiger charge is 2.46. The van der Waals surface area contributed by atoms with E-state index >= 15 is 0 Å². The highest BCUT2D eigenvalue weighted by Crippen LogP contribution is 2.45. The predicted octanol–water partition coefficient (Wildman–Crippen LogP) is 6.39. The van der Waals surface area contributed by atoms with E-state index in [1.165, 1.54) is 24.0 Å². The van der Waals surface area contributed by atoms with E-state index in [0.717, 1.165) is 30.9 Å². The molecule has 0 aromatic heterocycles. The van der Waals surface area contributed by atoms with E-state index < -0.39 is 0 Å². The number of hydrogen-bond donors (Lipinski definition) is 1. The van der Waals surface area contributed by atoms with Crippen molar-refractivity contribution in [2.24, 2.45) is 5.92 Å². The van der Waals surface area contributed by atoms with Gasteiger partial charge in [-0.3, -0.25) is 4.90 Å². The zero-order valence-corrected chi connectivity index (χ0v) is 20.4. The van der Waals surface area contributed by atoms with Gasteiger partial charge in [0.05, 0.1) is 17.2 Å². The molecule has 3 aliphatic heterocycles. The van der Waals surface area contributed by atoms with Crippen LogP contribution in [-0.2, 0) is 6.54 Å². The molecule has 3 nitrogen and oxygen atoms in total. The van der Waals surface area contributed by atoms with Crippen LogP contribution in [0, 0.1) is 5.92 Å². The Morgan fingerprint density at radius 1 is 0.939 bits per heavy atom. The fourth-order valence-electron chi connectivity index (χ4n) is 5.85. The third-order valence-electron chi connectivity index (χ3n) is 7.41. The molecule has 0 aliphatic carbocycles. The molecular weight excluding hydrogens is 451 g/mol. The van der Waals surface area contributed by atoms with Crippen molar-refractivity contribution in [2.45, 2.75) is 37.4 Å². The zero-order chi connectivity index (χ0) is 22.8. The summed E-state index contributed by atoms with van der Waals surface area (Å²) in [5.74, 6) is 1.70. The van der Waals surface area contributed by atoms with Gasteiger partial charge in [-0.25, -0.2) is 0 Å². The van der Waals surface area contributed by atoms with E-state index in [1.807, 2.05) is 24.3 Å². The van der Waals surface area contributed by atoms with Crippen LogP contribution in [0.3, 0.4) is 0 Å². The number of para-hydroxylation sites is 1. The van der Waals surface area contributed by atoms with Gasteiger partial charge in [0.15, 0.2) is 0 Å². The van der Waals surface area contributed by atoms with E-state index in [-0.39, 0.29) is 5.92 Å². The molecule has 2 bridgehead atoms. The minimum absolute atomic E-state index is 0.135. The van der Waals surface area contributed by atoms with Gasteiger partial charge < -0.3 is 10.1 Å². The highest BCUT2D eigenvalue weighted by atomic mass is 35.5. The van der Waals surface area contributed by atoms with E-state index in [2.05, 4.69) is 58.7 Å². The summed E-state index contributed by atoms with van der Waals surface area (Å²) in [5, 5.41) is 5.23. The molecule has 0 saturated carbocycles. The lowest BCUT2D eigenvalue weighted by Crippen LogP contribution is -2.64. The normalized spacial score (nSPS) is 25.1. The van der Waals surface area contributed by atoms with E-state index in [0.29, 0.717) is 28.0 Å². The van der Waals surface area contributed by atoms with Crippen molar-refractivity contribution in [3.8, 4) is 5.75 Å². The molecule has 3 aromatic rings. The van der Waals surface area contributed by atoms with E-state index in [9.17, 15) is 0 Å². The van der Waals surface area contributed by atoms with Gasteiger partial charge in [0.1, 0.15) is 5.75 Å². The number of nitrogens with one attached hydrogen (secondary N) is 1. The summed E-state index contributed by atoms with van der Waals surface area (Å²) in [4.78, 5) is 2.66. The molecule has 6 rings (SSSR count).